The molecule has 2 unspecified atom stereocenters. The van der Waals surface area contributed by atoms with E-state index in [1.54, 1.807) is 0 Å². The van der Waals surface area contributed by atoms with Crippen LogP contribution in [0.5, 0.6) is 0 Å². The first kappa shape index (κ1) is 14.5. The molecule has 0 aliphatic carbocycles. The molecular formula is C18H25N3. The second-order valence-electron chi connectivity index (χ2n) is 6.20. The van der Waals surface area contributed by atoms with E-state index < -0.39 is 0 Å². The van der Waals surface area contributed by atoms with Gasteiger partial charge in [-0.15, -0.1) is 0 Å². The average Bonchev–Trinajstić information content (AvgIpc) is 2.55. The molecule has 1 aliphatic rings. The molecule has 1 N–H and O–H groups in total. The van der Waals surface area contributed by atoms with Gasteiger partial charge in [0.25, 0.3) is 0 Å². The highest BCUT2D eigenvalue weighted by atomic mass is 15.1. The molecule has 0 amide bonds. The number of nitrogens with one attached hydrogen (secondary N) is 1. The van der Waals surface area contributed by atoms with Gasteiger partial charge < -0.3 is 5.32 Å². The minimum absolute atomic E-state index is 0.599. The van der Waals surface area contributed by atoms with Crippen molar-refractivity contribution in [1.29, 1.82) is 0 Å². The zero-order chi connectivity index (χ0) is 14.7. The van der Waals surface area contributed by atoms with Crippen molar-refractivity contribution >= 4 is 10.9 Å². The van der Waals surface area contributed by atoms with E-state index in [4.69, 9.17) is 0 Å². The molecule has 0 saturated carbocycles. The number of para-hydroxylation sites is 1. The topological polar surface area (TPSA) is 28.2 Å². The van der Waals surface area contributed by atoms with Gasteiger partial charge in [0.1, 0.15) is 0 Å². The Morgan fingerprint density at radius 2 is 2.19 bits per heavy atom. The molecule has 0 bridgehead atoms. The summed E-state index contributed by atoms with van der Waals surface area (Å²) in [5.74, 6) is 0.761. The van der Waals surface area contributed by atoms with Crippen LogP contribution in [-0.4, -0.2) is 36.1 Å². The van der Waals surface area contributed by atoms with E-state index in [1.165, 1.54) is 36.9 Å². The third kappa shape index (κ3) is 3.25. The number of benzene rings is 1. The van der Waals surface area contributed by atoms with Crippen molar-refractivity contribution < 1.29 is 0 Å². The quantitative estimate of drug-likeness (QED) is 0.935. The Kier molecular flexibility index (Phi) is 4.51. The number of hydrogen-bond acceptors (Lipinski definition) is 3. The Morgan fingerprint density at radius 3 is 3.05 bits per heavy atom. The van der Waals surface area contributed by atoms with Gasteiger partial charge in [0.15, 0.2) is 0 Å². The van der Waals surface area contributed by atoms with Crippen molar-refractivity contribution in [3.63, 3.8) is 0 Å². The van der Waals surface area contributed by atoms with Crippen LogP contribution in [0.3, 0.4) is 0 Å². The zero-order valence-electron chi connectivity index (χ0n) is 13.0. The van der Waals surface area contributed by atoms with Crippen molar-refractivity contribution in [2.24, 2.45) is 5.92 Å². The Balaban J connectivity index is 1.76. The van der Waals surface area contributed by atoms with Crippen molar-refractivity contribution in [2.45, 2.75) is 32.4 Å². The number of nitrogens with zero attached hydrogens (tertiary/aromatic N) is 2. The third-order valence-corrected chi connectivity index (χ3v) is 4.84. The second-order valence-corrected chi connectivity index (χ2v) is 6.20. The molecule has 1 aliphatic heterocycles. The van der Waals surface area contributed by atoms with Gasteiger partial charge in [-0.2, -0.15) is 0 Å². The van der Waals surface area contributed by atoms with Gasteiger partial charge in [0.05, 0.1) is 5.52 Å². The van der Waals surface area contributed by atoms with E-state index in [9.17, 15) is 0 Å². The number of rotatable bonds is 4. The predicted molar refractivity (Wildman–Crippen MR) is 88.3 cm³/mol. The van der Waals surface area contributed by atoms with E-state index in [0.717, 1.165) is 18.0 Å². The molecule has 3 heteroatoms. The summed E-state index contributed by atoms with van der Waals surface area (Å²) in [6.45, 7) is 5.74. The number of aromatic nitrogens is 1. The monoisotopic (exact) mass is 283 g/mol. The summed E-state index contributed by atoms with van der Waals surface area (Å²) in [5, 5.41) is 4.71. The summed E-state index contributed by atoms with van der Waals surface area (Å²) in [5.41, 5.74) is 2.51. The Morgan fingerprint density at radius 1 is 1.33 bits per heavy atom. The molecular weight excluding hydrogens is 258 g/mol. The number of pyridine rings is 1. The normalized spacial score (nSPS) is 21.5. The second kappa shape index (κ2) is 6.54. The van der Waals surface area contributed by atoms with Crippen molar-refractivity contribution in [3.8, 4) is 0 Å². The Labute approximate surface area is 127 Å². The van der Waals surface area contributed by atoms with Gasteiger partial charge in [-0.1, -0.05) is 18.2 Å². The largest absolute Gasteiger partial charge is 0.317 e. The predicted octanol–water partition coefficient (Wildman–Crippen LogP) is 3.05. The lowest BCUT2D eigenvalue weighted by Crippen LogP contribution is -2.43. The average molecular weight is 283 g/mol. The fourth-order valence-electron chi connectivity index (χ4n) is 3.41. The van der Waals surface area contributed by atoms with Crippen LogP contribution in [0.1, 0.15) is 25.3 Å². The van der Waals surface area contributed by atoms with Crippen LogP contribution in [0.2, 0.25) is 0 Å². The minimum Gasteiger partial charge on any atom is -0.317 e. The Hall–Kier alpha value is -1.45. The molecule has 2 heterocycles. The summed E-state index contributed by atoms with van der Waals surface area (Å²) in [6, 6.07) is 11.2. The first-order chi connectivity index (χ1) is 10.3. The molecule has 1 fully saturated rings. The van der Waals surface area contributed by atoms with E-state index in [2.05, 4.69) is 59.5 Å². The van der Waals surface area contributed by atoms with Gasteiger partial charge in [-0.25, -0.2) is 0 Å². The van der Waals surface area contributed by atoms with Gasteiger partial charge in [-0.05, 0) is 57.0 Å². The highest BCUT2D eigenvalue weighted by Gasteiger charge is 2.23. The van der Waals surface area contributed by atoms with Crippen LogP contribution in [0.15, 0.2) is 36.5 Å². The summed E-state index contributed by atoms with van der Waals surface area (Å²) in [7, 11) is 2.07. The SMILES string of the molecule is CNC(C)C1CCCN(Cc2ccnc3ccccc23)C1. The molecule has 1 aromatic carbocycles. The zero-order valence-corrected chi connectivity index (χ0v) is 13.0. The van der Waals surface area contributed by atoms with Crippen LogP contribution < -0.4 is 5.32 Å². The molecule has 1 saturated heterocycles. The molecule has 2 aromatic rings. The maximum absolute atomic E-state index is 4.46. The first-order valence-electron chi connectivity index (χ1n) is 8.00. The molecule has 1 aromatic heterocycles. The molecule has 21 heavy (non-hydrogen) atoms. The number of piperidine rings is 1. The lowest BCUT2D eigenvalue weighted by molar-refractivity contribution is 0.147. The number of likely N-dealkylation sites (tertiary alicyclic amines) is 1. The van der Waals surface area contributed by atoms with Gasteiger partial charge in [0.2, 0.25) is 0 Å². The Bertz CT molecular complexity index is 591. The van der Waals surface area contributed by atoms with E-state index in [1.807, 2.05) is 6.20 Å². The highest BCUT2D eigenvalue weighted by molar-refractivity contribution is 5.81. The minimum atomic E-state index is 0.599. The smallest absolute Gasteiger partial charge is 0.0705 e. The van der Waals surface area contributed by atoms with Crippen molar-refractivity contribution in [2.75, 3.05) is 20.1 Å². The third-order valence-electron chi connectivity index (χ3n) is 4.84. The van der Waals surface area contributed by atoms with Crippen LogP contribution in [-0.2, 0) is 6.54 Å². The standard InChI is InChI=1S/C18H25N3/c1-14(19-2)15-6-5-11-21(12-15)13-16-9-10-20-18-8-4-3-7-17(16)18/h3-4,7-10,14-15,19H,5-6,11-13H2,1-2H3. The highest BCUT2D eigenvalue weighted by Crippen LogP contribution is 2.23. The molecule has 2 atom stereocenters. The maximum Gasteiger partial charge on any atom is 0.0705 e. The summed E-state index contributed by atoms with van der Waals surface area (Å²) < 4.78 is 0. The molecule has 3 rings (SSSR count). The fourth-order valence-corrected chi connectivity index (χ4v) is 3.41. The maximum atomic E-state index is 4.46. The van der Waals surface area contributed by atoms with E-state index in [0.29, 0.717) is 6.04 Å². The van der Waals surface area contributed by atoms with Gasteiger partial charge in [-0.3, -0.25) is 9.88 Å². The van der Waals surface area contributed by atoms with E-state index >= 15 is 0 Å². The molecule has 0 spiro atoms. The van der Waals surface area contributed by atoms with Crippen LogP contribution >= 0.6 is 0 Å². The van der Waals surface area contributed by atoms with Crippen LogP contribution in [0.25, 0.3) is 10.9 Å². The van der Waals surface area contributed by atoms with Crippen molar-refractivity contribution in [3.05, 3.63) is 42.1 Å². The van der Waals surface area contributed by atoms with Crippen molar-refractivity contribution in [1.82, 2.24) is 15.2 Å². The van der Waals surface area contributed by atoms with Gasteiger partial charge >= 0.3 is 0 Å². The fraction of sp³-hybridized carbons (Fsp3) is 0.500. The van der Waals surface area contributed by atoms with Crippen LogP contribution in [0.4, 0.5) is 0 Å². The molecule has 0 radical (unpaired) electrons. The lowest BCUT2D eigenvalue weighted by Gasteiger charge is -2.35. The lowest BCUT2D eigenvalue weighted by atomic mass is 9.91. The summed E-state index contributed by atoms with van der Waals surface area (Å²) in [6.07, 6.45) is 4.59. The molecule has 3 nitrogen and oxygen atoms in total. The molecule has 112 valence electrons. The first-order valence-corrected chi connectivity index (χ1v) is 8.00. The summed E-state index contributed by atoms with van der Waals surface area (Å²) in [4.78, 5) is 7.06. The van der Waals surface area contributed by atoms with Gasteiger partial charge in [0, 0.05) is 30.7 Å². The van der Waals surface area contributed by atoms with E-state index in [-0.39, 0.29) is 0 Å². The number of hydrogen-bond donors (Lipinski definition) is 1. The summed E-state index contributed by atoms with van der Waals surface area (Å²) >= 11 is 0. The van der Waals surface area contributed by atoms with Crippen LogP contribution in [0, 0.1) is 5.92 Å². The number of fused-ring (bicyclic) bond motifs is 1.